The van der Waals surface area contributed by atoms with Gasteiger partial charge in [0.15, 0.2) is 0 Å². The Hall–Kier alpha value is -1.95. The number of aliphatic hydroxyl groups is 1. The summed E-state index contributed by atoms with van der Waals surface area (Å²) in [7, 11) is 0. The molecule has 122 valence electrons. The van der Waals surface area contributed by atoms with Crippen molar-refractivity contribution in [3.05, 3.63) is 70.5 Å². The Labute approximate surface area is 139 Å². The SMILES string of the molecule is O=C(CNC[C@H](O)c1ccccc1Cl)NCc1ccccc1F. The second-order valence-corrected chi connectivity index (χ2v) is 5.44. The molecule has 1 amide bonds. The van der Waals surface area contributed by atoms with Crippen molar-refractivity contribution in [1.29, 1.82) is 0 Å². The van der Waals surface area contributed by atoms with Crippen LogP contribution in [0.15, 0.2) is 48.5 Å². The van der Waals surface area contributed by atoms with Gasteiger partial charge in [0.25, 0.3) is 0 Å². The number of nitrogens with one attached hydrogen (secondary N) is 2. The quantitative estimate of drug-likeness (QED) is 0.727. The van der Waals surface area contributed by atoms with E-state index in [2.05, 4.69) is 10.6 Å². The van der Waals surface area contributed by atoms with Crippen molar-refractivity contribution >= 4 is 17.5 Å². The van der Waals surface area contributed by atoms with Gasteiger partial charge in [0.2, 0.25) is 5.91 Å². The minimum atomic E-state index is -0.803. The van der Waals surface area contributed by atoms with Crippen molar-refractivity contribution in [2.24, 2.45) is 0 Å². The van der Waals surface area contributed by atoms with Crippen LogP contribution in [0.4, 0.5) is 4.39 Å². The summed E-state index contributed by atoms with van der Waals surface area (Å²) in [6.45, 7) is 0.340. The van der Waals surface area contributed by atoms with Gasteiger partial charge in [-0.25, -0.2) is 4.39 Å². The molecule has 0 fully saturated rings. The number of halogens is 2. The maximum atomic E-state index is 13.4. The van der Waals surface area contributed by atoms with Crippen LogP contribution in [-0.4, -0.2) is 24.1 Å². The first kappa shape index (κ1) is 17.4. The Bertz CT molecular complexity index is 667. The summed E-state index contributed by atoms with van der Waals surface area (Å²) < 4.78 is 13.4. The molecule has 0 heterocycles. The molecule has 0 aromatic heterocycles. The van der Waals surface area contributed by atoms with Crippen molar-refractivity contribution in [2.45, 2.75) is 12.6 Å². The van der Waals surface area contributed by atoms with Crippen LogP contribution in [0, 0.1) is 5.82 Å². The molecule has 3 N–H and O–H groups in total. The number of amides is 1. The molecule has 1 atom stereocenters. The number of hydrogen-bond acceptors (Lipinski definition) is 3. The average Bonchev–Trinajstić information content (AvgIpc) is 2.54. The van der Waals surface area contributed by atoms with Gasteiger partial charge in [-0.05, 0) is 12.1 Å². The molecular weight excluding hydrogens is 319 g/mol. The highest BCUT2D eigenvalue weighted by Gasteiger charge is 2.11. The van der Waals surface area contributed by atoms with E-state index in [1.807, 2.05) is 0 Å². The van der Waals surface area contributed by atoms with E-state index in [-0.39, 0.29) is 31.4 Å². The van der Waals surface area contributed by atoms with Crippen molar-refractivity contribution in [3.63, 3.8) is 0 Å². The normalized spacial score (nSPS) is 12.0. The monoisotopic (exact) mass is 336 g/mol. The summed E-state index contributed by atoms with van der Waals surface area (Å²) in [6.07, 6.45) is -0.803. The van der Waals surface area contributed by atoms with Crippen molar-refractivity contribution < 1.29 is 14.3 Å². The molecule has 0 aliphatic heterocycles. The molecule has 0 aliphatic carbocycles. The molecule has 0 unspecified atom stereocenters. The van der Waals surface area contributed by atoms with E-state index in [0.29, 0.717) is 16.1 Å². The average molecular weight is 337 g/mol. The predicted octanol–water partition coefficient (Wildman–Crippen LogP) is 2.42. The molecule has 0 aliphatic rings. The summed E-state index contributed by atoms with van der Waals surface area (Å²) >= 11 is 5.99. The number of carbonyl (C=O) groups excluding carboxylic acids is 1. The molecule has 6 heteroatoms. The van der Waals surface area contributed by atoms with Crippen molar-refractivity contribution in [2.75, 3.05) is 13.1 Å². The summed E-state index contributed by atoms with van der Waals surface area (Å²) in [4.78, 5) is 11.7. The van der Waals surface area contributed by atoms with E-state index in [1.54, 1.807) is 42.5 Å². The van der Waals surface area contributed by atoms with E-state index in [0.717, 1.165) is 0 Å². The number of benzene rings is 2. The Kier molecular flexibility index (Phi) is 6.52. The lowest BCUT2D eigenvalue weighted by molar-refractivity contribution is -0.120. The molecule has 4 nitrogen and oxygen atoms in total. The van der Waals surface area contributed by atoms with Crippen LogP contribution in [0.5, 0.6) is 0 Å². The van der Waals surface area contributed by atoms with Crippen LogP contribution in [0.1, 0.15) is 17.2 Å². The van der Waals surface area contributed by atoms with Crippen LogP contribution in [0.3, 0.4) is 0 Å². The Morgan fingerprint density at radius 2 is 1.87 bits per heavy atom. The highest BCUT2D eigenvalue weighted by atomic mass is 35.5. The van der Waals surface area contributed by atoms with E-state index >= 15 is 0 Å². The van der Waals surface area contributed by atoms with Gasteiger partial charge in [0, 0.05) is 29.2 Å². The number of aliphatic hydroxyl groups excluding tert-OH is 1. The molecule has 0 radical (unpaired) electrons. The number of rotatable bonds is 7. The van der Waals surface area contributed by atoms with Gasteiger partial charge in [-0.1, -0.05) is 48.0 Å². The van der Waals surface area contributed by atoms with Crippen LogP contribution < -0.4 is 10.6 Å². The van der Waals surface area contributed by atoms with Gasteiger partial charge in [0.05, 0.1) is 12.6 Å². The summed E-state index contributed by atoms with van der Waals surface area (Å²) in [6, 6.07) is 13.3. The molecule has 0 bridgehead atoms. The van der Waals surface area contributed by atoms with Gasteiger partial charge < -0.3 is 15.7 Å². The largest absolute Gasteiger partial charge is 0.387 e. The fraction of sp³-hybridized carbons (Fsp3) is 0.235. The highest BCUT2D eigenvalue weighted by molar-refractivity contribution is 6.31. The van der Waals surface area contributed by atoms with Gasteiger partial charge in [-0.15, -0.1) is 0 Å². The molecule has 0 saturated carbocycles. The maximum Gasteiger partial charge on any atom is 0.234 e. The Morgan fingerprint density at radius 1 is 1.17 bits per heavy atom. The van der Waals surface area contributed by atoms with E-state index in [4.69, 9.17) is 11.6 Å². The van der Waals surface area contributed by atoms with Crippen molar-refractivity contribution in [1.82, 2.24) is 10.6 Å². The molecule has 2 rings (SSSR count). The van der Waals surface area contributed by atoms with E-state index in [9.17, 15) is 14.3 Å². The Balaban J connectivity index is 1.73. The lowest BCUT2D eigenvalue weighted by atomic mass is 10.1. The lowest BCUT2D eigenvalue weighted by Crippen LogP contribution is -2.35. The van der Waals surface area contributed by atoms with Gasteiger partial charge >= 0.3 is 0 Å². The molecule has 23 heavy (non-hydrogen) atoms. The first-order valence-corrected chi connectivity index (χ1v) is 7.59. The number of carbonyl (C=O) groups is 1. The highest BCUT2D eigenvalue weighted by Crippen LogP contribution is 2.21. The van der Waals surface area contributed by atoms with Crippen molar-refractivity contribution in [3.8, 4) is 0 Å². The van der Waals surface area contributed by atoms with Gasteiger partial charge in [-0.2, -0.15) is 0 Å². The minimum Gasteiger partial charge on any atom is -0.387 e. The second-order valence-electron chi connectivity index (χ2n) is 5.04. The second kappa shape index (κ2) is 8.62. The fourth-order valence-corrected chi connectivity index (χ4v) is 2.34. The zero-order valence-electron chi connectivity index (χ0n) is 12.4. The topological polar surface area (TPSA) is 61.4 Å². The van der Waals surface area contributed by atoms with Crippen LogP contribution in [0.25, 0.3) is 0 Å². The minimum absolute atomic E-state index is 0.0238. The maximum absolute atomic E-state index is 13.4. The number of hydrogen-bond donors (Lipinski definition) is 3. The molecule has 0 spiro atoms. The van der Waals surface area contributed by atoms with Crippen LogP contribution in [-0.2, 0) is 11.3 Å². The third-order valence-corrected chi connectivity index (χ3v) is 3.67. The summed E-state index contributed by atoms with van der Waals surface area (Å²) in [5.41, 5.74) is 1.03. The first-order chi connectivity index (χ1) is 11.1. The van der Waals surface area contributed by atoms with Gasteiger partial charge in [-0.3, -0.25) is 4.79 Å². The lowest BCUT2D eigenvalue weighted by Gasteiger charge is -2.13. The van der Waals surface area contributed by atoms with Crippen LogP contribution >= 0.6 is 11.6 Å². The molecule has 0 saturated heterocycles. The molecule has 2 aromatic carbocycles. The Morgan fingerprint density at radius 3 is 2.61 bits per heavy atom. The standard InChI is InChI=1S/C17H18ClFN2O2/c18-14-7-3-2-6-13(14)16(22)10-20-11-17(23)21-9-12-5-1-4-8-15(12)19/h1-8,16,20,22H,9-11H2,(H,21,23)/t16-/m0/s1. The smallest absolute Gasteiger partial charge is 0.234 e. The predicted molar refractivity (Wildman–Crippen MR) is 87.5 cm³/mol. The van der Waals surface area contributed by atoms with E-state index in [1.165, 1.54) is 6.07 Å². The third kappa shape index (κ3) is 5.32. The third-order valence-electron chi connectivity index (χ3n) is 3.32. The van der Waals surface area contributed by atoms with Crippen LogP contribution in [0.2, 0.25) is 5.02 Å². The molecular formula is C17H18ClFN2O2. The fourth-order valence-electron chi connectivity index (χ4n) is 2.08. The van der Waals surface area contributed by atoms with Gasteiger partial charge in [0.1, 0.15) is 5.82 Å². The summed E-state index contributed by atoms with van der Waals surface area (Å²) in [5, 5.41) is 16.0. The van der Waals surface area contributed by atoms with E-state index < -0.39 is 6.10 Å². The molecule has 2 aromatic rings. The zero-order valence-corrected chi connectivity index (χ0v) is 13.2. The first-order valence-electron chi connectivity index (χ1n) is 7.21. The zero-order chi connectivity index (χ0) is 16.7. The summed E-state index contributed by atoms with van der Waals surface area (Å²) in [5.74, 6) is -0.630.